The molecule has 12 heteroatoms. The van der Waals surface area contributed by atoms with Gasteiger partial charge in [-0.3, -0.25) is 9.10 Å². The van der Waals surface area contributed by atoms with Crippen molar-refractivity contribution in [2.24, 2.45) is 0 Å². The molecule has 0 unspecified atom stereocenters. The van der Waals surface area contributed by atoms with E-state index < -0.39 is 26.1 Å². The number of sulfonamides is 1. The molecule has 0 atom stereocenters. The van der Waals surface area contributed by atoms with Crippen molar-refractivity contribution in [2.45, 2.75) is 4.90 Å². The Balaban J connectivity index is 1.68. The third-order valence-corrected chi connectivity index (χ3v) is 8.76. The summed E-state index contributed by atoms with van der Waals surface area (Å²) >= 11 is 0. The standard InChI is InChI=1S/C20H26N4O6S2/c1-22(2)32(28,29)23(3)18-8-4-16(5-9-18)20(25)21-17-6-10-19(11-7-17)31(26,27)24-12-14-30-15-13-24/h4-11H,12-15H2,1-3H3,(H,21,25). The number of amides is 1. The lowest BCUT2D eigenvalue weighted by Crippen LogP contribution is -2.40. The van der Waals surface area contributed by atoms with Gasteiger partial charge in [0.15, 0.2) is 0 Å². The van der Waals surface area contributed by atoms with E-state index in [1.54, 1.807) is 0 Å². The maximum absolute atomic E-state index is 12.7. The molecule has 10 nitrogen and oxygen atoms in total. The van der Waals surface area contributed by atoms with Crippen molar-refractivity contribution in [3.05, 3.63) is 54.1 Å². The van der Waals surface area contributed by atoms with Crippen molar-refractivity contribution in [2.75, 3.05) is 57.1 Å². The Morgan fingerprint density at radius 3 is 2.00 bits per heavy atom. The molecule has 0 radical (unpaired) electrons. The van der Waals surface area contributed by atoms with Gasteiger partial charge in [0, 0.05) is 45.5 Å². The zero-order valence-corrected chi connectivity index (χ0v) is 19.7. The van der Waals surface area contributed by atoms with E-state index in [4.69, 9.17) is 4.74 Å². The van der Waals surface area contributed by atoms with Gasteiger partial charge >= 0.3 is 10.2 Å². The van der Waals surface area contributed by atoms with Gasteiger partial charge in [0.05, 0.1) is 23.8 Å². The number of hydrogen-bond acceptors (Lipinski definition) is 6. The summed E-state index contributed by atoms with van der Waals surface area (Å²) < 4.78 is 58.5. The first-order valence-corrected chi connectivity index (χ1v) is 12.6. The zero-order chi connectivity index (χ0) is 23.5. The van der Waals surface area contributed by atoms with Crippen molar-refractivity contribution in [1.29, 1.82) is 0 Å². The summed E-state index contributed by atoms with van der Waals surface area (Å²) in [5.41, 5.74) is 1.18. The Morgan fingerprint density at radius 1 is 0.906 bits per heavy atom. The van der Waals surface area contributed by atoms with Gasteiger partial charge in [-0.25, -0.2) is 8.42 Å². The summed E-state index contributed by atoms with van der Waals surface area (Å²) in [5, 5.41) is 2.71. The Bertz CT molecular complexity index is 1160. The molecule has 2 aromatic carbocycles. The minimum atomic E-state index is -3.63. The zero-order valence-electron chi connectivity index (χ0n) is 18.1. The van der Waals surface area contributed by atoms with Crippen LogP contribution in [0.3, 0.4) is 0 Å². The highest BCUT2D eigenvalue weighted by molar-refractivity contribution is 7.90. The first kappa shape index (κ1) is 24.1. The highest BCUT2D eigenvalue weighted by Gasteiger charge is 2.26. The van der Waals surface area contributed by atoms with Crippen LogP contribution in [0.15, 0.2) is 53.4 Å². The number of nitrogens with zero attached hydrogens (tertiary/aromatic N) is 3. The lowest BCUT2D eigenvalue weighted by Gasteiger charge is -2.26. The Kier molecular flexibility index (Phi) is 7.20. The fourth-order valence-electron chi connectivity index (χ4n) is 3.05. The van der Waals surface area contributed by atoms with Crippen molar-refractivity contribution in [3.8, 4) is 0 Å². The van der Waals surface area contributed by atoms with Gasteiger partial charge in [-0.05, 0) is 48.5 Å². The second kappa shape index (κ2) is 9.55. The molecule has 1 heterocycles. The fourth-order valence-corrected chi connectivity index (χ4v) is 5.34. The summed E-state index contributed by atoms with van der Waals surface area (Å²) in [7, 11) is -2.94. The van der Waals surface area contributed by atoms with Crippen molar-refractivity contribution < 1.29 is 26.4 Å². The summed E-state index contributed by atoms with van der Waals surface area (Å²) in [6.07, 6.45) is 0. The normalized spacial score (nSPS) is 15.5. The van der Waals surface area contributed by atoms with E-state index in [1.165, 1.54) is 74.0 Å². The van der Waals surface area contributed by atoms with Crippen LogP contribution in [-0.2, 0) is 25.0 Å². The van der Waals surface area contributed by atoms with E-state index in [0.717, 1.165) is 8.61 Å². The number of carbonyl (C=O) groups excluding carboxylic acids is 1. The van der Waals surface area contributed by atoms with Crippen LogP contribution in [0.1, 0.15) is 10.4 Å². The molecule has 1 N–H and O–H groups in total. The lowest BCUT2D eigenvalue weighted by atomic mass is 10.2. The fraction of sp³-hybridized carbons (Fsp3) is 0.350. The van der Waals surface area contributed by atoms with Crippen molar-refractivity contribution >= 4 is 37.5 Å². The number of hydrogen-bond donors (Lipinski definition) is 1. The Labute approximate surface area is 188 Å². The number of nitrogens with one attached hydrogen (secondary N) is 1. The number of anilines is 2. The summed E-state index contributed by atoms with van der Waals surface area (Å²) in [6.45, 7) is 1.34. The smallest absolute Gasteiger partial charge is 0.303 e. The van der Waals surface area contributed by atoms with Crippen LogP contribution in [0.2, 0.25) is 0 Å². The molecule has 0 saturated carbocycles. The van der Waals surface area contributed by atoms with Crippen LogP contribution in [0.25, 0.3) is 0 Å². The number of ether oxygens (including phenoxy) is 1. The molecular formula is C20H26N4O6S2. The van der Waals surface area contributed by atoms with Crippen LogP contribution in [0.5, 0.6) is 0 Å². The lowest BCUT2D eigenvalue weighted by molar-refractivity contribution is 0.0730. The van der Waals surface area contributed by atoms with Gasteiger partial charge in [0.1, 0.15) is 0 Å². The van der Waals surface area contributed by atoms with Gasteiger partial charge in [0.2, 0.25) is 10.0 Å². The van der Waals surface area contributed by atoms with Crippen molar-refractivity contribution in [3.63, 3.8) is 0 Å². The number of rotatable bonds is 7. The average Bonchev–Trinajstić information content (AvgIpc) is 2.79. The molecule has 1 saturated heterocycles. The molecule has 174 valence electrons. The summed E-state index contributed by atoms with van der Waals surface area (Å²) in [4.78, 5) is 12.7. The molecular weight excluding hydrogens is 456 g/mol. The minimum Gasteiger partial charge on any atom is -0.379 e. The van der Waals surface area contributed by atoms with E-state index >= 15 is 0 Å². The van der Waals surface area contributed by atoms with Gasteiger partial charge in [-0.15, -0.1) is 0 Å². The molecule has 0 aliphatic carbocycles. The molecule has 2 aromatic rings. The average molecular weight is 483 g/mol. The largest absolute Gasteiger partial charge is 0.379 e. The molecule has 0 bridgehead atoms. The van der Waals surface area contributed by atoms with Crippen molar-refractivity contribution in [1.82, 2.24) is 8.61 Å². The van der Waals surface area contributed by atoms with E-state index in [1.807, 2.05) is 0 Å². The highest BCUT2D eigenvalue weighted by Crippen LogP contribution is 2.21. The van der Waals surface area contributed by atoms with E-state index in [9.17, 15) is 21.6 Å². The van der Waals surface area contributed by atoms with Crippen LogP contribution < -0.4 is 9.62 Å². The van der Waals surface area contributed by atoms with Crippen LogP contribution in [0.4, 0.5) is 11.4 Å². The predicted molar refractivity (Wildman–Crippen MR) is 121 cm³/mol. The quantitative estimate of drug-likeness (QED) is 0.634. The van der Waals surface area contributed by atoms with Gasteiger partial charge < -0.3 is 10.1 Å². The highest BCUT2D eigenvalue weighted by atomic mass is 32.2. The molecule has 1 aliphatic heterocycles. The van der Waals surface area contributed by atoms with Gasteiger partial charge in [-0.2, -0.15) is 17.0 Å². The van der Waals surface area contributed by atoms with Gasteiger partial charge in [0.25, 0.3) is 5.91 Å². The van der Waals surface area contributed by atoms with Gasteiger partial charge in [-0.1, -0.05) is 0 Å². The third-order valence-electron chi connectivity index (χ3n) is 5.02. The second-order valence-corrected chi connectivity index (χ2v) is 11.4. The summed E-state index contributed by atoms with van der Waals surface area (Å²) in [6, 6.07) is 12.1. The maximum atomic E-state index is 12.7. The molecule has 32 heavy (non-hydrogen) atoms. The predicted octanol–water partition coefficient (Wildman–Crippen LogP) is 1.20. The number of carbonyl (C=O) groups is 1. The molecule has 1 aliphatic rings. The number of morpholine rings is 1. The number of benzene rings is 2. The Morgan fingerprint density at radius 2 is 1.47 bits per heavy atom. The van der Waals surface area contributed by atoms with Crippen LogP contribution in [0, 0.1) is 0 Å². The van der Waals surface area contributed by atoms with Crippen LogP contribution >= 0.6 is 0 Å². The first-order chi connectivity index (χ1) is 15.0. The molecule has 1 fully saturated rings. The Hall–Kier alpha value is -2.51. The van der Waals surface area contributed by atoms with Crippen LogP contribution in [-0.4, -0.2) is 78.8 Å². The molecule has 3 rings (SSSR count). The first-order valence-electron chi connectivity index (χ1n) is 9.79. The van der Waals surface area contributed by atoms with E-state index in [0.29, 0.717) is 43.2 Å². The van der Waals surface area contributed by atoms with E-state index in [2.05, 4.69) is 5.32 Å². The monoisotopic (exact) mass is 482 g/mol. The molecule has 0 spiro atoms. The topological polar surface area (TPSA) is 116 Å². The van der Waals surface area contributed by atoms with E-state index in [-0.39, 0.29) is 4.90 Å². The SMILES string of the molecule is CN(C)S(=O)(=O)N(C)c1ccc(C(=O)Nc2ccc(S(=O)(=O)N3CCOCC3)cc2)cc1. The maximum Gasteiger partial charge on any atom is 0.303 e. The third kappa shape index (κ3) is 5.10. The molecule has 1 amide bonds. The summed E-state index contributed by atoms with van der Waals surface area (Å²) in [5.74, 6) is -0.404. The second-order valence-electron chi connectivity index (χ2n) is 7.30. The minimum absolute atomic E-state index is 0.145. The molecule has 0 aromatic heterocycles.